The van der Waals surface area contributed by atoms with E-state index in [4.69, 9.17) is 4.74 Å². The van der Waals surface area contributed by atoms with Gasteiger partial charge in [0.15, 0.2) is 0 Å². The molecule has 0 atom stereocenters. The average Bonchev–Trinajstić information content (AvgIpc) is 2.55. The van der Waals surface area contributed by atoms with Gasteiger partial charge >= 0.3 is 6.09 Å². The molecule has 0 bridgehead atoms. The van der Waals surface area contributed by atoms with Crippen LogP contribution in [-0.2, 0) is 4.74 Å². The van der Waals surface area contributed by atoms with Crippen LogP contribution in [0.5, 0.6) is 0 Å². The van der Waals surface area contributed by atoms with Gasteiger partial charge in [-0.15, -0.1) is 0 Å². The van der Waals surface area contributed by atoms with E-state index in [1.807, 2.05) is 0 Å². The molecule has 0 saturated heterocycles. The molecule has 1 aromatic heterocycles. The summed E-state index contributed by atoms with van der Waals surface area (Å²) in [4.78, 5) is 16.3. The highest BCUT2D eigenvalue weighted by Gasteiger charge is 2.13. The van der Waals surface area contributed by atoms with Crippen LogP contribution in [-0.4, -0.2) is 29.1 Å². The minimum absolute atomic E-state index is 0.363. The summed E-state index contributed by atoms with van der Waals surface area (Å²) in [5, 5.41) is 0.536. The summed E-state index contributed by atoms with van der Waals surface area (Å²) in [6.07, 6.45) is 0.990. The molecule has 0 aliphatic carbocycles. The summed E-state index contributed by atoms with van der Waals surface area (Å²) >= 11 is 1.15. The Morgan fingerprint density at radius 2 is 2.58 bits per heavy atom. The van der Waals surface area contributed by atoms with Gasteiger partial charge in [-0.3, -0.25) is 4.90 Å². The normalized spacial score (nSPS) is 9.50. The highest BCUT2D eigenvalue weighted by molar-refractivity contribution is 7.09. The number of nitrogens with zero attached hydrogens (tertiary/aromatic N) is 3. The molecule has 0 saturated carbocycles. The Balaban J connectivity index is 2.59. The van der Waals surface area contributed by atoms with Gasteiger partial charge in [-0.1, -0.05) is 0 Å². The number of hydrogen-bond donors (Lipinski definition) is 0. The van der Waals surface area contributed by atoms with Gasteiger partial charge in [0.05, 0.1) is 6.61 Å². The van der Waals surface area contributed by atoms with Crippen molar-refractivity contribution in [3.05, 3.63) is 6.33 Å². The van der Waals surface area contributed by atoms with Gasteiger partial charge in [-0.25, -0.2) is 9.78 Å². The Kier molecular flexibility index (Phi) is 2.98. The first-order valence-electron chi connectivity index (χ1n) is 3.43. The van der Waals surface area contributed by atoms with Gasteiger partial charge in [0.2, 0.25) is 5.13 Å². The Hall–Kier alpha value is -1.17. The van der Waals surface area contributed by atoms with E-state index in [1.54, 1.807) is 14.0 Å². The van der Waals surface area contributed by atoms with Crippen LogP contribution in [0.25, 0.3) is 0 Å². The smallest absolute Gasteiger partial charge is 0.415 e. The van der Waals surface area contributed by atoms with Crippen molar-refractivity contribution in [1.29, 1.82) is 0 Å². The van der Waals surface area contributed by atoms with Gasteiger partial charge in [-0.2, -0.15) is 4.37 Å². The lowest BCUT2D eigenvalue weighted by Crippen LogP contribution is -2.26. The summed E-state index contributed by atoms with van der Waals surface area (Å²) in [6, 6.07) is 0. The lowest BCUT2D eigenvalue weighted by atomic mass is 10.8. The molecule has 0 N–H and O–H groups in total. The number of ether oxygens (including phenoxy) is 1. The summed E-state index contributed by atoms with van der Waals surface area (Å²) in [5.41, 5.74) is 0. The molecule has 0 spiro atoms. The number of carbonyl (C=O) groups is 1. The van der Waals surface area contributed by atoms with Crippen LogP contribution in [0.3, 0.4) is 0 Å². The summed E-state index contributed by atoms with van der Waals surface area (Å²) < 4.78 is 8.52. The highest BCUT2D eigenvalue weighted by atomic mass is 32.1. The number of amides is 1. The first kappa shape index (κ1) is 8.92. The second-order valence-corrected chi connectivity index (χ2v) is 2.74. The van der Waals surface area contributed by atoms with Gasteiger partial charge in [0.1, 0.15) is 6.33 Å². The van der Waals surface area contributed by atoms with E-state index >= 15 is 0 Å². The van der Waals surface area contributed by atoms with E-state index in [2.05, 4.69) is 9.36 Å². The molecule has 12 heavy (non-hydrogen) atoms. The molecule has 0 unspecified atom stereocenters. The second-order valence-electron chi connectivity index (χ2n) is 1.98. The number of carbonyl (C=O) groups excluding carboxylic acids is 1. The zero-order chi connectivity index (χ0) is 8.97. The van der Waals surface area contributed by atoms with E-state index in [9.17, 15) is 4.79 Å². The molecular weight excluding hydrogens is 178 g/mol. The van der Waals surface area contributed by atoms with Crippen LogP contribution in [0.1, 0.15) is 6.92 Å². The standard InChI is InChI=1S/C6H9N3O2S/c1-3-11-6(10)9(2)5-7-4-8-12-5/h4H,3H2,1-2H3. The average molecular weight is 187 g/mol. The van der Waals surface area contributed by atoms with Gasteiger partial charge in [0, 0.05) is 18.6 Å². The van der Waals surface area contributed by atoms with Gasteiger partial charge < -0.3 is 4.74 Å². The fraction of sp³-hybridized carbons (Fsp3) is 0.500. The van der Waals surface area contributed by atoms with Crippen LogP contribution in [0.15, 0.2) is 6.33 Å². The van der Waals surface area contributed by atoms with Crippen molar-refractivity contribution in [3.8, 4) is 0 Å². The summed E-state index contributed by atoms with van der Waals surface area (Å²) in [6.45, 7) is 2.12. The van der Waals surface area contributed by atoms with E-state index < -0.39 is 6.09 Å². The molecule has 0 fully saturated rings. The molecule has 1 heterocycles. The largest absolute Gasteiger partial charge is 0.449 e. The zero-order valence-electron chi connectivity index (χ0n) is 6.85. The van der Waals surface area contributed by atoms with Crippen LogP contribution in [0.4, 0.5) is 9.93 Å². The predicted molar refractivity (Wildman–Crippen MR) is 45.3 cm³/mol. The molecule has 0 aliphatic rings. The summed E-state index contributed by atoms with van der Waals surface area (Å²) in [5.74, 6) is 0. The van der Waals surface area contributed by atoms with E-state index in [0.29, 0.717) is 11.7 Å². The summed E-state index contributed by atoms with van der Waals surface area (Å²) in [7, 11) is 1.60. The van der Waals surface area contributed by atoms with Crippen LogP contribution >= 0.6 is 11.5 Å². The molecule has 0 radical (unpaired) electrons. The van der Waals surface area contributed by atoms with Gasteiger partial charge in [-0.05, 0) is 6.92 Å². The Morgan fingerprint density at radius 1 is 1.83 bits per heavy atom. The number of anilines is 1. The first-order valence-corrected chi connectivity index (χ1v) is 4.20. The van der Waals surface area contributed by atoms with Crippen LogP contribution in [0, 0.1) is 0 Å². The molecule has 1 aromatic rings. The van der Waals surface area contributed by atoms with Crippen molar-refractivity contribution in [2.45, 2.75) is 6.92 Å². The van der Waals surface area contributed by atoms with Crippen molar-refractivity contribution in [1.82, 2.24) is 9.36 Å². The molecule has 1 amide bonds. The minimum Gasteiger partial charge on any atom is -0.449 e. The predicted octanol–water partition coefficient (Wildman–Crippen LogP) is 1.13. The molecule has 6 heteroatoms. The fourth-order valence-electron chi connectivity index (χ4n) is 0.613. The van der Waals surface area contributed by atoms with Gasteiger partial charge in [0.25, 0.3) is 0 Å². The number of aromatic nitrogens is 2. The minimum atomic E-state index is -0.408. The van der Waals surface area contributed by atoms with Crippen molar-refractivity contribution in [3.63, 3.8) is 0 Å². The highest BCUT2D eigenvalue weighted by Crippen LogP contribution is 2.12. The van der Waals surface area contributed by atoms with Crippen molar-refractivity contribution >= 4 is 22.8 Å². The van der Waals surface area contributed by atoms with E-state index in [-0.39, 0.29) is 0 Å². The molecule has 0 aliphatic heterocycles. The third-order valence-corrected chi connectivity index (χ3v) is 1.92. The maximum atomic E-state index is 11.1. The molecule has 66 valence electrons. The molecule has 1 rings (SSSR count). The maximum absolute atomic E-state index is 11.1. The molecule has 5 nitrogen and oxygen atoms in total. The Labute approximate surface area is 74.1 Å². The van der Waals surface area contributed by atoms with Crippen molar-refractivity contribution < 1.29 is 9.53 Å². The molecule has 0 aromatic carbocycles. The zero-order valence-corrected chi connectivity index (χ0v) is 7.67. The topological polar surface area (TPSA) is 55.3 Å². The SMILES string of the molecule is CCOC(=O)N(C)c1ncns1. The third kappa shape index (κ3) is 1.91. The number of hydrogen-bond acceptors (Lipinski definition) is 5. The van der Waals surface area contributed by atoms with Crippen molar-refractivity contribution in [2.24, 2.45) is 0 Å². The number of rotatable bonds is 2. The Bertz CT molecular complexity index is 249. The Morgan fingerprint density at radius 3 is 3.08 bits per heavy atom. The molecular formula is C6H9N3O2S. The monoisotopic (exact) mass is 187 g/mol. The van der Waals surface area contributed by atoms with Crippen molar-refractivity contribution in [2.75, 3.05) is 18.6 Å². The lowest BCUT2D eigenvalue weighted by molar-refractivity contribution is 0.161. The third-order valence-electron chi connectivity index (χ3n) is 1.18. The van der Waals surface area contributed by atoms with E-state index in [0.717, 1.165) is 11.5 Å². The van der Waals surface area contributed by atoms with Crippen LogP contribution in [0.2, 0.25) is 0 Å². The first-order chi connectivity index (χ1) is 5.75. The lowest BCUT2D eigenvalue weighted by Gasteiger charge is -2.11. The fourth-order valence-corrected chi connectivity index (χ4v) is 1.09. The van der Waals surface area contributed by atoms with Crippen LogP contribution < -0.4 is 4.90 Å². The maximum Gasteiger partial charge on any atom is 0.415 e. The second kappa shape index (κ2) is 4.01. The quantitative estimate of drug-likeness (QED) is 0.696. The van der Waals surface area contributed by atoms with E-state index in [1.165, 1.54) is 11.2 Å².